The van der Waals surface area contributed by atoms with Crippen molar-refractivity contribution in [3.63, 3.8) is 0 Å². The summed E-state index contributed by atoms with van der Waals surface area (Å²) in [6.45, 7) is 2.46. The maximum Gasteiger partial charge on any atom is 0.446 e. The molecule has 0 aromatic heterocycles. The van der Waals surface area contributed by atoms with Crippen molar-refractivity contribution < 1.29 is 13.2 Å². The van der Waals surface area contributed by atoms with E-state index >= 15 is 0 Å². The Morgan fingerprint density at radius 2 is 2.00 bits per heavy atom. The Morgan fingerprint density at radius 1 is 1.39 bits per heavy atom. The average molecular weight is 277 g/mol. The van der Waals surface area contributed by atoms with Crippen molar-refractivity contribution in [1.29, 1.82) is 5.41 Å². The lowest BCUT2D eigenvalue weighted by molar-refractivity contribution is -0.0328. The fourth-order valence-corrected chi connectivity index (χ4v) is 2.09. The minimum Gasteiger partial charge on any atom is -0.370 e. The lowest BCUT2D eigenvalue weighted by Crippen LogP contribution is -2.35. The molecule has 0 unspecified atom stereocenters. The van der Waals surface area contributed by atoms with E-state index in [4.69, 9.17) is 11.1 Å². The van der Waals surface area contributed by atoms with Gasteiger partial charge in [0.05, 0.1) is 0 Å². The van der Waals surface area contributed by atoms with Crippen LogP contribution in [-0.2, 0) is 6.54 Å². The van der Waals surface area contributed by atoms with Gasteiger partial charge in [-0.25, -0.2) is 0 Å². The summed E-state index contributed by atoms with van der Waals surface area (Å²) >= 11 is -0.146. The highest BCUT2D eigenvalue weighted by molar-refractivity contribution is 8.00. The van der Waals surface area contributed by atoms with Gasteiger partial charge in [-0.1, -0.05) is 18.2 Å². The van der Waals surface area contributed by atoms with Crippen molar-refractivity contribution in [1.82, 2.24) is 4.90 Å². The van der Waals surface area contributed by atoms with Gasteiger partial charge in [0, 0.05) is 18.0 Å². The molecule has 18 heavy (non-hydrogen) atoms. The van der Waals surface area contributed by atoms with Gasteiger partial charge in [-0.3, -0.25) is 5.41 Å². The molecule has 0 aliphatic heterocycles. The first-order valence-corrected chi connectivity index (χ1v) is 6.07. The zero-order valence-electron chi connectivity index (χ0n) is 9.79. The molecule has 0 saturated heterocycles. The number of nitrogens with one attached hydrogen (secondary N) is 1. The van der Waals surface area contributed by atoms with Crippen LogP contribution in [0.1, 0.15) is 12.5 Å². The number of hydrogen-bond acceptors (Lipinski definition) is 2. The van der Waals surface area contributed by atoms with E-state index in [1.165, 1.54) is 11.0 Å². The summed E-state index contributed by atoms with van der Waals surface area (Å²) in [5.41, 5.74) is 1.55. The van der Waals surface area contributed by atoms with Gasteiger partial charge in [-0.05, 0) is 30.3 Å². The SMILES string of the molecule is CCN(Cc1ccccc1SC(F)(F)F)C(=N)N. The molecule has 0 spiro atoms. The number of hydrogen-bond donors (Lipinski definition) is 2. The van der Waals surface area contributed by atoms with Crippen LogP contribution in [-0.4, -0.2) is 22.9 Å². The fourth-order valence-electron chi connectivity index (χ4n) is 1.43. The van der Waals surface area contributed by atoms with Crippen molar-refractivity contribution in [2.24, 2.45) is 5.73 Å². The van der Waals surface area contributed by atoms with Crippen molar-refractivity contribution in [2.75, 3.05) is 6.54 Å². The molecule has 3 nitrogen and oxygen atoms in total. The Morgan fingerprint density at radius 3 is 2.50 bits per heavy atom. The largest absolute Gasteiger partial charge is 0.446 e. The smallest absolute Gasteiger partial charge is 0.370 e. The molecule has 0 amide bonds. The normalized spacial score (nSPS) is 11.3. The molecule has 0 aliphatic carbocycles. The number of guanidine groups is 1. The summed E-state index contributed by atoms with van der Waals surface area (Å²) in [6.07, 6.45) is 0. The molecule has 0 saturated carbocycles. The summed E-state index contributed by atoms with van der Waals surface area (Å²) in [5, 5.41) is 7.33. The van der Waals surface area contributed by atoms with Crippen LogP contribution in [0.25, 0.3) is 0 Å². The van der Waals surface area contributed by atoms with Crippen LogP contribution < -0.4 is 5.73 Å². The highest BCUT2D eigenvalue weighted by atomic mass is 32.2. The minimum atomic E-state index is -4.32. The standard InChI is InChI=1S/C11H14F3N3S/c1-2-17(10(15)16)7-8-5-3-4-6-9(8)18-11(12,13)14/h3-6H,2,7H2,1H3,(H3,15,16). The zero-order chi connectivity index (χ0) is 13.8. The Hall–Kier alpha value is -1.37. The molecule has 0 fully saturated rings. The molecule has 1 aromatic carbocycles. The van der Waals surface area contributed by atoms with Crippen LogP contribution in [0.3, 0.4) is 0 Å². The topological polar surface area (TPSA) is 53.1 Å². The van der Waals surface area contributed by atoms with Crippen LogP contribution in [0.2, 0.25) is 0 Å². The monoisotopic (exact) mass is 277 g/mol. The third-order valence-corrected chi connectivity index (χ3v) is 3.13. The molecule has 0 heterocycles. The molecule has 0 aliphatic rings. The lowest BCUT2D eigenvalue weighted by atomic mass is 10.2. The summed E-state index contributed by atoms with van der Waals surface area (Å²) in [5.74, 6) is -0.149. The van der Waals surface area contributed by atoms with Crippen LogP contribution >= 0.6 is 11.8 Å². The van der Waals surface area contributed by atoms with Crippen LogP contribution in [0, 0.1) is 5.41 Å². The van der Waals surface area contributed by atoms with E-state index in [1.54, 1.807) is 25.1 Å². The second kappa shape index (κ2) is 5.99. The second-order valence-corrected chi connectivity index (χ2v) is 4.66. The maximum atomic E-state index is 12.4. The first-order chi connectivity index (χ1) is 8.33. The predicted octanol–water partition coefficient (Wildman–Crippen LogP) is 3.01. The van der Waals surface area contributed by atoms with E-state index in [1.807, 2.05) is 0 Å². The summed E-state index contributed by atoms with van der Waals surface area (Å²) in [7, 11) is 0. The van der Waals surface area contributed by atoms with Gasteiger partial charge in [0.1, 0.15) is 0 Å². The molecule has 1 aromatic rings. The summed E-state index contributed by atoms with van der Waals surface area (Å²) in [6, 6.07) is 6.26. The highest BCUT2D eigenvalue weighted by Gasteiger charge is 2.30. The third-order valence-electron chi connectivity index (χ3n) is 2.28. The number of halogens is 3. The molecule has 3 N–H and O–H groups in total. The minimum absolute atomic E-state index is 0.143. The van der Waals surface area contributed by atoms with Gasteiger partial charge >= 0.3 is 5.51 Å². The predicted molar refractivity (Wildman–Crippen MR) is 66.4 cm³/mol. The van der Waals surface area contributed by atoms with E-state index in [-0.39, 0.29) is 29.2 Å². The number of thioether (sulfide) groups is 1. The molecule has 0 atom stereocenters. The van der Waals surface area contributed by atoms with Gasteiger partial charge in [0.15, 0.2) is 5.96 Å². The van der Waals surface area contributed by atoms with Crippen LogP contribution in [0.5, 0.6) is 0 Å². The van der Waals surface area contributed by atoms with Gasteiger partial charge in [-0.2, -0.15) is 13.2 Å². The van der Waals surface area contributed by atoms with Crippen molar-refractivity contribution in [3.05, 3.63) is 29.8 Å². The average Bonchev–Trinajstić information content (AvgIpc) is 2.25. The van der Waals surface area contributed by atoms with Crippen molar-refractivity contribution in [2.45, 2.75) is 23.9 Å². The molecule has 1 rings (SSSR count). The Bertz CT molecular complexity index is 420. The number of nitrogens with two attached hydrogens (primary N) is 1. The molecular formula is C11H14F3N3S. The number of alkyl halides is 3. The Kier molecular flexibility index (Phi) is 4.89. The van der Waals surface area contributed by atoms with Gasteiger partial charge in [0.2, 0.25) is 0 Å². The molecule has 0 bridgehead atoms. The van der Waals surface area contributed by atoms with E-state index in [9.17, 15) is 13.2 Å². The Labute approximate surface area is 108 Å². The van der Waals surface area contributed by atoms with Gasteiger partial charge < -0.3 is 10.6 Å². The molecule has 100 valence electrons. The van der Waals surface area contributed by atoms with Gasteiger partial charge in [0.25, 0.3) is 0 Å². The highest BCUT2D eigenvalue weighted by Crippen LogP contribution is 2.38. The summed E-state index contributed by atoms with van der Waals surface area (Å²) < 4.78 is 37.1. The quantitative estimate of drug-likeness (QED) is 0.505. The van der Waals surface area contributed by atoms with E-state index in [0.717, 1.165) is 0 Å². The van der Waals surface area contributed by atoms with Gasteiger partial charge in [-0.15, -0.1) is 0 Å². The summed E-state index contributed by atoms with van der Waals surface area (Å²) in [4.78, 5) is 1.64. The maximum absolute atomic E-state index is 12.4. The molecule has 7 heteroatoms. The third kappa shape index (κ3) is 4.48. The van der Waals surface area contributed by atoms with E-state index < -0.39 is 5.51 Å². The second-order valence-electron chi connectivity index (χ2n) is 3.55. The van der Waals surface area contributed by atoms with E-state index in [2.05, 4.69) is 0 Å². The number of benzene rings is 1. The fraction of sp³-hybridized carbons (Fsp3) is 0.364. The van der Waals surface area contributed by atoms with Crippen molar-refractivity contribution >= 4 is 17.7 Å². The van der Waals surface area contributed by atoms with Crippen LogP contribution in [0.4, 0.5) is 13.2 Å². The van der Waals surface area contributed by atoms with Crippen molar-refractivity contribution in [3.8, 4) is 0 Å². The molecular weight excluding hydrogens is 263 g/mol. The lowest BCUT2D eigenvalue weighted by Gasteiger charge is -2.22. The Balaban J connectivity index is 2.91. The first kappa shape index (κ1) is 14.7. The number of nitrogens with zero attached hydrogens (tertiary/aromatic N) is 1. The van der Waals surface area contributed by atoms with E-state index in [0.29, 0.717) is 12.1 Å². The zero-order valence-corrected chi connectivity index (χ0v) is 10.6. The first-order valence-electron chi connectivity index (χ1n) is 5.26. The number of rotatable bonds is 4. The molecule has 0 radical (unpaired) electrons. The van der Waals surface area contributed by atoms with Crippen LogP contribution in [0.15, 0.2) is 29.2 Å².